The minimum Gasteiger partial charge on any atom is -0.384 e. The van der Waals surface area contributed by atoms with Crippen molar-refractivity contribution >= 4 is 10.8 Å². The molecule has 2 aromatic rings. The van der Waals surface area contributed by atoms with Crippen molar-refractivity contribution in [3.63, 3.8) is 0 Å². The summed E-state index contributed by atoms with van der Waals surface area (Å²) in [6.07, 6.45) is 4.54. The summed E-state index contributed by atoms with van der Waals surface area (Å²) < 4.78 is 11.5. The fourth-order valence-electron chi connectivity index (χ4n) is 3.47. The molecule has 0 saturated heterocycles. The van der Waals surface area contributed by atoms with Gasteiger partial charge in [0.25, 0.3) is 0 Å². The number of aryl methyl sites for hydroxylation is 1. The van der Waals surface area contributed by atoms with Crippen molar-refractivity contribution in [1.82, 2.24) is 5.32 Å². The summed E-state index contributed by atoms with van der Waals surface area (Å²) in [7, 11) is -0.950. The summed E-state index contributed by atoms with van der Waals surface area (Å²) in [5.41, 5.74) is 2.66. The largest absolute Gasteiger partial charge is 0.384 e. The Bertz CT molecular complexity index is 729. The predicted octanol–water partition coefficient (Wildman–Crippen LogP) is 3.30. The zero-order valence-corrected chi connectivity index (χ0v) is 15.1. The van der Waals surface area contributed by atoms with Crippen LogP contribution < -0.4 is 5.32 Å². The molecule has 4 heteroatoms. The molecular weight excluding hydrogens is 318 g/mol. The van der Waals surface area contributed by atoms with Gasteiger partial charge in [-0.25, -0.2) is 0 Å². The van der Waals surface area contributed by atoms with Crippen LogP contribution in [0.3, 0.4) is 0 Å². The summed E-state index contributed by atoms with van der Waals surface area (Å²) >= 11 is 0. The highest BCUT2D eigenvalue weighted by Gasteiger charge is 2.34. The number of fused-ring (bicyclic) bond motifs is 1. The third-order valence-electron chi connectivity index (χ3n) is 4.97. The summed E-state index contributed by atoms with van der Waals surface area (Å²) in [5.74, 6) is 0. The first-order valence-corrected chi connectivity index (χ1v) is 10.0. The highest BCUT2D eigenvalue weighted by molar-refractivity contribution is 7.84. The van der Waals surface area contributed by atoms with Crippen LogP contribution in [0, 0.1) is 0 Å². The number of nitrogens with one attached hydrogen (secondary N) is 1. The van der Waals surface area contributed by atoms with Crippen molar-refractivity contribution in [2.24, 2.45) is 0 Å². The fourth-order valence-corrected chi connectivity index (χ4v) is 3.99. The second kappa shape index (κ2) is 7.18. The molecule has 3 atom stereocenters. The first kappa shape index (κ1) is 17.3. The van der Waals surface area contributed by atoms with Gasteiger partial charge in [0.05, 0.1) is 0 Å². The first-order chi connectivity index (χ1) is 11.5. The van der Waals surface area contributed by atoms with Crippen molar-refractivity contribution in [3.05, 3.63) is 65.2 Å². The molecule has 0 fully saturated rings. The highest BCUT2D eigenvalue weighted by Crippen LogP contribution is 2.35. The van der Waals surface area contributed by atoms with Gasteiger partial charge in [-0.1, -0.05) is 36.4 Å². The summed E-state index contributed by atoms with van der Waals surface area (Å²) in [4.78, 5) is 0.839. The number of rotatable bonds is 5. The average Bonchev–Trinajstić information content (AvgIpc) is 2.60. The van der Waals surface area contributed by atoms with Crippen LogP contribution in [0.2, 0.25) is 0 Å². The van der Waals surface area contributed by atoms with E-state index in [1.165, 1.54) is 5.56 Å². The van der Waals surface area contributed by atoms with Gasteiger partial charge in [-0.15, -0.1) is 0 Å². The Kier molecular flexibility index (Phi) is 5.18. The van der Waals surface area contributed by atoms with Crippen molar-refractivity contribution in [2.45, 2.75) is 42.7 Å². The predicted molar refractivity (Wildman–Crippen MR) is 98.5 cm³/mol. The smallest absolute Gasteiger partial charge is 0.102 e. The van der Waals surface area contributed by atoms with Crippen molar-refractivity contribution in [3.8, 4) is 0 Å². The Labute approximate surface area is 146 Å². The molecule has 3 rings (SSSR count). The molecule has 0 heterocycles. The molecule has 24 heavy (non-hydrogen) atoms. The average molecular weight is 343 g/mol. The lowest BCUT2D eigenvalue weighted by atomic mass is 9.79. The van der Waals surface area contributed by atoms with Gasteiger partial charge in [0.1, 0.15) is 5.60 Å². The van der Waals surface area contributed by atoms with E-state index in [9.17, 15) is 9.32 Å². The van der Waals surface area contributed by atoms with Crippen LogP contribution in [0.5, 0.6) is 0 Å². The zero-order valence-electron chi connectivity index (χ0n) is 14.3. The van der Waals surface area contributed by atoms with Crippen molar-refractivity contribution < 1.29 is 9.32 Å². The standard InChI is InChI=1S/C20H25NO2S/c1-15(16-9-11-18(12-10-16)24(2)23)21-14-20(22)13-5-7-17-6-3-4-8-19(17)20/h3-4,6,8-12,15,21-22H,5,7,13-14H2,1-2H3/t15-,20+,24+/m0/s1. The summed E-state index contributed by atoms with van der Waals surface area (Å²) in [6, 6.07) is 16.2. The van der Waals surface area contributed by atoms with Crippen molar-refractivity contribution in [1.29, 1.82) is 0 Å². The van der Waals surface area contributed by atoms with Crippen molar-refractivity contribution in [2.75, 3.05) is 12.8 Å². The molecule has 0 aliphatic heterocycles. The molecule has 2 aromatic carbocycles. The number of hydrogen-bond donors (Lipinski definition) is 2. The second-order valence-electron chi connectivity index (χ2n) is 6.67. The molecule has 1 aliphatic carbocycles. The fraction of sp³-hybridized carbons (Fsp3) is 0.400. The molecule has 128 valence electrons. The van der Waals surface area contributed by atoms with E-state index in [1.807, 2.05) is 42.5 Å². The van der Waals surface area contributed by atoms with Crippen LogP contribution in [0.25, 0.3) is 0 Å². The Morgan fingerprint density at radius 1 is 1.21 bits per heavy atom. The molecule has 0 amide bonds. The zero-order chi connectivity index (χ0) is 17.2. The van der Waals surface area contributed by atoms with Gasteiger partial charge in [-0.3, -0.25) is 4.21 Å². The molecule has 0 saturated carbocycles. The molecule has 0 aromatic heterocycles. The first-order valence-electron chi connectivity index (χ1n) is 8.47. The Morgan fingerprint density at radius 3 is 2.62 bits per heavy atom. The number of benzene rings is 2. The normalized spacial score (nSPS) is 22.6. The van der Waals surface area contributed by atoms with Crippen LogP contribution in [-0.2, 0) is 22.8 Å². The van der Waals surface area contributed by atoms with Crippen LogP contribution in [0.1, 0.15) is 42.5 Å². The van der Waals surface area contributed by atoms with Crippen LogP contribution in [0.15, 0.2) is 53.4 Å². The Hall–Kier alpha value is -1.49. The molecule has 0 spiro atoms. The van der Waals surface area contributed by atoms with Crippen LogP contribution in [-0.4, -0.2) is 22.1 Å². The van der Waals surface area contributed by atoms with E-state index < -0.39 is 16.4 Å². The Morgan fingerprint density at radius 2 is 1.92 bits per heavy atom. The quantitative estimate of drug-likeness (QED) is 0.876. The third-order valence-corrected chi connectivity index (χ3v) is 5.90. The monoisotopic (exact) mass is 343 g/mol. The Balaban J connectivity index is 1.70. The van der Waals surface area contributed by atoms with E-state index in [1.54, 1.807) is 6.26 Å². The van der Waals surface area contributed by atoms with Gasteiger partial charge in [0, 0.05) is 34.5 Å². The van der Waals surface area contributed by atoms with E-state index in [2.05, 4.69) is 18.3 Å². The number of aliphatic hydroxyl groups is 1. The van der Waals surface area contributed by atoms with E-state index in [-0.39, 0.29) is 6.04 Å². The lowest BCUT2D eigenvalue weighted by Crippen LogP contribution is -2.41. The third kappa shape index (κ3) is 3.61. The number of hydrogen-bond acceptors (Lipinski definition) is 3. The van der Waals surface area contributed by atoms with Gasteiger partial charge in [-0.05, 0) is 55.0 Å². The minimum absolute atomic E-state index is 0.127. The molecule has 0 bridgehead atoms. The minimum atomic E-state index is -0.950. The maximum absolute atomic E-state index is 11.5. The van der Waals surface area contributed by atoms with Gasteiger partial charge in [0.15, 0.2) is 0 Å². The highest BCUT2D eigenvalue weighted by atomic mass is 32.2. The SMILES string of the molecule is C[C@H](NC[C@]1(O)CCCc2ccccc21)c1ccc([S@@](C)=O)cc1. The van der Waals surface area contributed by atoms with Gasteiger partial charge in [0.2, 0.25) is 0 Å². The van der Waals surface area contributed by atoms with E-state index >= 15 is 0 Å². The lowest BCUT2D eigenvalue weighted by Gasteiger charge is -2.35. The lowest BCUT2D eigenvalue weighted by molar-refractivity contribution is 0.0170. The molecule has 1 aliphatic rings. The summed E-state index contributed by atoms with van der Waals surface area (Å²) in [6.45, 7) is 2.63. The van der Waals surface area contributed by atoms with Gasteiger partial charge >= 0.3 is 0 Å². The van der Waals surface area contributed by atoms with Gasteiger partial charge in [-0.2, -0.15) is 0 Å². The molecular formula is C20H25NO2S. The van der Waals surface area contributed by atoms with E-state index in [0.717, 1.165) is 35.3 Å². The van der Waals surface area contributed by atoms with E-state index in [0.29, 0.717) is 6.54 Å². The van der Waals surface area contributed by atoms with Crippen LogP contribution >= 0.6 is 0 Å². The topological polar surface area (TPSA) is 49.3 Å². The molecule has 3 nitrogen and oxygen atoms in total. The maximum Gasteiger partial charge on any atom is 0.102 e. The molecule has 0 unspecified atom stereocenters. The summed E-state index contributed by atoms with van der Waals surface area (Å²) in [5, 5.41) is 14.6. The van der Waals surface area contributed by atoms with Crippen LogP contribution in [0.4, 0.5) is 0 Å². The van der Waals surface area contributed by atoms with Gasteiger partial charge < -0.3 is 10.4 Å². The second-order valence-corrected chi connectivity index (χ2v) is 8.05. The maximum atomic E-state index is 11.5. The molecule has 2 N–H and O–H groups in total. The molecule has 0 radical (unpaired) electrons. The van der Waals surface area contributed by atoms with E-state index in [4.69, 9.17) is 0 Å².